The average Bonchev–Trinajstić information content (AvgIpc) is 3.49. The summed E-state index contributed by atoms with van der Waals surface area (Å²) in [6.07, 6.45) is 12.1. The first kappa shape index (κ1) is 23.0. The Morgan fingerprint density at radius 1 is 1.16 bits per heavy atom. The monoisotopic (exact) mass is 478 g/mol. The topological polar surface area (TPSA) is 91.7 Å². The molecular formula is C25H34O5S2. The number of Topliss-reactive ketones (excluding diaryl/α,β-unsaturated/α-hetero) is 1. The van der Waals surface area contributed by atoms with Gasteiger partial charge < -0.3 is 5.11 Å². The van der Waals surface area contributed by atoms with Gasteiger partial charge in [0.2, 0.25) is 0 Å². The third-order valence-corrected chi connectivity index (χ3v) is 11.3. The number of fused-ring (bicyclic) bond motifs is 5. The molecule has 176 valence electrons. The zero-order valence-corrected chi connectivity index (χ0v) is 20.4. The van der Waals surface area contributed by atoms with E-state index in [1.807, 2.05) is 0 Å². The van der Waals surface area contributed by atoms with Crippen LogP contribution in [0.5, 0.6) is 0 Å². The van der Waals surface area contributed by atoms with Gasteiger partial charge in [-0.1, -0.05) is 30.4 Å². The van der Waals surface area contributed by atoms with Gasteiger partial charge in [0.05, 0.1) is 5.75 Å². The quantitative estimate of drug-likeness (QED) is 0.269. The number of ketones is 1. The molecule has 0 amide bonds. The molecule has 5 nitrogen and oxygen atoms in total. The maximum absolute atomic E-state index is 12.9. The van der Waals surface area contributed by atoms with Crippen molar-refractivity contribution in [1.82, 2.24) is 0 Å². The van der Waals surface area contributed by atoms with Crippen molar-refractivity contribution >= 4 is 25.7 Å². The average molecular weight is 479 g/mol. The first-order chi connectivity index (χ1) is 15.1. The van der Waals surface area contributed by atoms with Gasteiger partial charge >= 0.3 is 9.15 Å². The van der Waals surface area contributed by atoms with Crippen LogP contribution in [-0.2, 0) is 13.9 Å². The molecule has 0 saturated heterocycles. The van der Waals surface area contributed by atoms with Crippen molar-refractivity contribution in [2.45, 2.75) is 76.7 Å². The molecule has 0 aromatic heterocycles. The van der Waals surface area contributed by atoms with Crippen LogP contribution in [0.1, 0.15) is 71.1 Å². The van der Waals surface area contributed by atoms with Crippen molar-refractivity contribution in [3.8, 4) is 11.8 Å². The first-order valence-corrected chi connectivity index (χ1v) is 15.1. The molecule has 5 rings (SSSR count). The normalized spacial score (nSPS) is 43.2. The van der Waals surface area contributed by atoms with Crippen LogP contribution in [-0.4, -0.2) is 35.2 Å². The lowest BCUT2D eigenvalue weighted by atomic mass is 9.51. The molecule has 7 heteroatoms. The van der Waals surface area contributed by atoms with E-state index in [0.29, 0.717) is 46.8 Å². The molecule has 0 aliphatic heterocycles. The lowest BCUT2D eigenvalue weighted by Gasteiger charge is -2.54. The predicted molar refractivity (Wildman–Crippen MR) is 125 cm³/mol. The third-order valence-electron chi connectivity index (χ3n) is 9.33. The van der Waals surface area contributed by atoms with Gasteiger partial charge in [-0.25, -0.2) is 0 Å². The Balaban J connectivity index is 1.30. The molecule has 2 N–H and O–H groups in total. The van der Waals surface area contributed by atoms with Crippen LogP contribution >= 0.6 is 10.8 Å². The predicted octanol–water partition coefficient (Wildman–Crippen LogP) is 4.42. The van der Waals surface area contributed by atoms with E-state index in [0.717, 1.165) is 44.9 Å². The van der Waals surface area contributed by atoms with Gasteiger partial charge in [0.25, 0.3) is 0 Å². The molecule has 0 aromatic rings. The van der Waals surface area contributed by atoms with Crippen LogP contribution in [0.15, 0.2) is 11.6 Å². The summed E-state index contributed by atoms with van der Waals surface area (Å²) >= 11 is 0. The van der Waals surface area contributed by atoms with Crippen LogP contribution in [0.25, 0.3) is 0 Å². The Bertz CT molecular complexity index is 988. The number of allylic oxidation sites excluding steroid dienone is 1. The zero-order valence-electron chi connectivity index (χ0n) is 18.8. The van der Waals surface area contributed by atoms with E-state index < -0.39 is 14.8 Å². The highest BCUT2D eigenvalue weighted by atomic mass is 33.1. The summed E-state index contributed by atoms with van der Waals surface area (Å²) in [5.74, 6) is 8.90. The van der Waals surface area contributed by atoms with E-state index in [1.54, 1.807) is 0 Å². The van der Waals surface area contributed by atoms with Gasteiger partial charge in [0.1, 0.15) is 11.4 Å². The fourth-order valence-corrected chi connectivity index (χ4v) is 8.89. The van der Waals surface area contributed by atoms with E-state index >= 15 is 0 Å². The highest BCUT2D eigenvalue weighted by Gasteiger charge is 2.57. The Hall–Kier alpha value is -0.810. The maximum atomic E-state index is 12.9. The van der Waals surface area contributed by atoms with Gasteiger partial charge in [-0.15, -0.1) is 0 Å². The smallest absolute Gasteiger partial charge is 0.320 e. The van der Waals surface area contributed by atoms with E-state index in [9.17, 15) is 18.3 Å². The highest BCUT2D eigenvalue weighted by Crippen LogP contribution is 2.63. The Kier molecular flexibility index (Phi) is 5.84. The van der Waals surface area contributed by atoms with E-state index in [4.69, 9.17) is 4.55 Å². The molecule has 32 heavy (non-hydrogen) atoms. The van der Waals surface area contributed by atoms with Gasteiger partial charge in [-0.3, -0.25) is 9.35 Å². The SMILES string of the molecule is C[C@]12CC[C@H]3[C@@H](CC=C4C[C@@](O)(C#CC5CC5)CC[C@@H]43)[C@@H]1CC[C@@H]2C(=O)CSS(=O)(=O)O. The maximum Gasteiger partial charge on any atom is 0.320 e. The standard InChI is InChI=1S/C25H34O5S2/c1-24-11-9-19-18-10-13-25(27,12-8-16-2-3-16)14-17(18)4-5-20(19)21(24)6-7-22(24)23(26)15-31-32(28,29)30/h4,16,18-22,27H,2-3,5-7,9-11,13-15H2,1H3,(H,28,29,30)/t18-,19+,20+,21-,22+,24-,25+/m0/s1. The molecule has 0 spiro atoms. The van der Waals surface area contributed by atoms with Crippen LogP contribution in [0.2, 0.25) is 0 Å². The Morgan fingerprint density at radius 2 is 1.94 bits per heavy atom. The molecule has 0 heterocycles. The molecule has 4 saturated carbocycles. The van der Waals surface area contributed by atoms with Gasteiger partial charge in [-0.2, -0.15) is 8.42 Å². The van der Waals surface area contributed by atoms with Crippen molar-refractivity contribution in [2.24, 2.45) is 40.9 Å². The van der Waals surface area contributed by atoms with Crippen LogP contribution < -0.4 is 0 Å². The lowest BCUT2D eigenvalue weighted by Crippen LogP contribution is -2.48. The molecule has 5 aliphatic rings. The van der Waals surface area contributed by atoms with Gasteiger partial charge in [-0.05, 0) is 86.9 Å². The van der Waals surface area contributed by atoms with Gasteiger partial charge in [0.15, 0.2) is 0 Å². The molecular weight excluding hydrogens is 444 g/mol. The van der Waals surface area contributed by atoms with Crippen molar-refractivity contribution in [2.75, 3.05) is 5.75 Å². The molecule has 5 aliphatic carbocycles. The summed E-state index contributed by atoms with van der Waals surface area (Å²) in [6.45, 7) is 2.24. The number of rotatable bonds is 4. The Morgan fingerprint density at radius 3 is 2.66 bits per heavy atom. The third kappa shape index (κ3) is 4.33. The molecule has 0 radical (unpaired) electrons. The van der Waals surface area contributed by atoms with E-state index in [-0.39, 0.29) is 22.9 Å². The van der Waals surface area contributed by atoms with Crippen molar-refractivity contribution in [3.05, 3.63) is 11.6 Å². The fraction of sp³-hybridized carbons (Fsp3) is 0.800. The van der Waals surface area contributed by atoms with Crippen LogP contribution in [0.4, 0.5) is 0 Å². The number of aliphatic hydroxyl groups is 1. The summed E-state index contributed by atoms with van der Waals surface area (Å²) in [7, 11) is -3.84. The number of carbonyl (C=O) groups is 1. The summed E-state index contributed by atoms with van der Waals surface area (Å²) in [6, 6.07) is 0. The minimum atomic E-state index is -4.19. The van der Waals surface area contributed by atoms with E-state index in [2.05, 4.69) is 24.8 Å². The summed E-state index contributed by atoms with van der Waals surface area (Å²) in [4.78, 5) is 12.9. The second kappa shape index (κ2) is 8.15. The molecule has 0 bridgehead atoms. The minimum Gasteiger partial charge on any atom is -0.377 e. The summed E-state index contributed by atoms with van der Waals surface area (Å²) in [5, 5.41) is 11.1. The van der Waals surface area contributed by atoms with Crippen LogP contribution in [0.3, 0.4) is 0 Å². The van der Waals surface area contributed by atoms with Gasteiger partial charge in [0, 0.05) is 29.1 Å². The number of hydrogen-bond donors (Lipinski definition) is 2. The zero-order chi connectivity index (χ0) is 22.7. The summed E-state index contributed by atoms with van der Waals surface area (Å²) in [5.41, 5.74) is 0.481. The molecule has 4 fully saturated rings. The van der Waals surface area contributed by atoms with Crippen molar-refractivity contribution in [1.29, 1.82) is 0 Å². The Labute approximate surface area is 195 Å². The largest absolute Gasteiger partial charge is 0.377 e. The lowest BCUT2D eigenvalue weighted by molar-refractivity contribution is -0.126. The second-order valence-corrected chi connectivity index (χ2v) is 14.5. The number of hydrogen-bond acceptors (Lipinski definition) is 5. The highest BCUT2D eigenvalue weighted by molar-refractivity contribution is 8.70. The van der Waals surface area contributed by atoms with Crippen LogP contribution in [0, 0.1) is 52.8 Å². The molecule has 0 unspecified atom stereocenters. The van der Waals surface area contributed by atoms with E-state index in [1.165, 1.54) is 18.4 Å². The molecule has 0 aromatic carbocycles. The molecule has 7 atom stereocenters. The van der Waals surface area contributed by atoms with Crippen molar-refractivity contribution in [3.63, 3.8) is 0 Å². The fourth-order valence-electron chi connectivity index (χ4n) is 7.63. The second-order valence-electron chi connectivity index (χ2n) is 11.2. The van der Waals surface area contributed by atoms with Crippen molar-refractivity contribution < 1.29 is 22.9 Å². The number of carbonyl (C=O) groups excluding carboxylic acids is 1. The summed E-state index contributed by atoms with van der Waals surface area (Å²) < 4.78 is 31.2. The minimum absolute atomic E-state index is 0.0277. The first-order valence-electron chi connectivity index (χ1n) is 12.2.